The van der Waals surface area contributed by atoms with Crippen molar-refractivity contribution in [3.05, 3.63) is 59.4 Å². The fraction of sp³-hybridized carbons (Fsp3) is 0.421. The monoisotopic (exact) mass is 367 g/mol. The summed E-state index contributed by atoms with van der Waals surface area (Å²) in [6.07, 6.45) is 0.957. The molecule has 0 spiro atoms. The first-order valence-corrected chi connectivity index (χ1v) is 8.40. The quantitative estimate of drug-likeness (QED) is 0.498. The minimum atomic E-state index is -2.14. The molecule has 0 aliphatic carbocycles. The second-order valence-corrected chi connectivity index (χ2v) is 5.59. The summed E-state index contributed by atoms with van der Waals surface area (Å²) in [5.74, 6) is -5.47. The van der Waals surface area contributed by atoms with E-state index in [1.807, 2.05) is 30.3 Å². The number of ether oxygens (including phenoxy) is 3. The summed E-state index contributed by atoms with van der Waals surface area (Å²) in [6.45, 7) is 5.18. The predicted molar refractivity (Wildman–Crippen MR) is 91.9 cm³/mol. The Balaban J connectivity index is 2.56. The smallest absolute Gasteiger partial charge is 0.332 e. The summed E-state index contributed by atoms with van der Waals surface area (Å²) in [5, 5.41) is 0. The third-order valence-electron chi connectivity index (χ3n) is 4.06. The van der Waals surface area contributed by atoms with E-state index < -0.39 is 35.1 Å². The van der Waals surface area contributed by atoms with Crippen LogP contribution in [0, 0.1) is 11.6 Å². The van der Waals surface area contributed by atoms with Crippen molar-refractivity contribution < 1.29 is 27.8 Å². The minimum absolute atomic E-state index is 0.0820. The van der Waals surface area contributed by atoms with Gasteiger partial charge >= 0.3 is 5.97 Å². The standard InChI is InChI=1S/C19H23F2NO4/c1-5-25-19(24-4,26-6-2)18(23)17-16(21)15(20)12-22(17)13(3)14-10-8-7-9-11-14/h7-13H,5-6H2,1-4H3/t13-/m1/s1. The van der Waals surface area contributed by atoms with Crippen LogP contribution in [0.15, 0.2) is 36.5 Å². The Morgan fingerprint density at radius 2 is 1.73 bits per heavy atom. The molecule has 1 heterocycles. The van der Waals surface area contributed by atoms with Gasteiger partial charge in [0.05, 0.1) is 19.3 Å². The molecule has 142 valence electrons. The average molecular weight is 367 g/mol. The van der Waals surface area contributed by atoms with Crippen molar-refractivity contribution >= 4 is 5.78 Å². The van der Waals surface area contributed by atoms with Gasteiger partial charge in [0.1, 0.15) is 5.69 Å². The van der Waals surface area contributed by atoms with E-state index in [-0.39, 0.29) is 13.2 Å². The van der Waals surface area contributed by atoms with Crippen LogP contribution in [0.25, 0.3) is 0 Å². The van der Waals surface area contributed by atoms with Gasteiger partial charge < -0.3 is 18.8 Å². The highest BCUT2D eigenvalue weighted by Crippen LogP contribution is 2.29. The number of Topliss-reactive ketones (excluding diaryl/α,β-unsaturated/α-hetero) is 1. The number of aromatic nitrogens is 1. The number of hydrogen-bond donors (Lipinski definition) is 0. The lowest BCUT2D eigenvalue weighted by molar-refractivity contribution is -0.330. The van der Waals surface area contributed by atoms with Gasteiger partial charge in [0.25, 0.3) is 5.78 Å². The topological polar surface area (TPSA) is 49.7 Å². The van der Waals surface area contributed by atoms with E-state index in [1.54, 1.807) is 20.8 Å². The number of ketones is 1. The Morgan fingerprint density at radius 3 is 2.23 bits per heavy atom. The molecule has 2 aromatic rings. The molecule has 0 N–H and O–H groups in total. The van der Waals surface area contributed by atoms with Crippen molar-refractivity contribution in [3.8, 4) is 0 Å². The molecule has 1 atom stereocenters. The van der Waals surface area contributed by atoms with E-state index in [0.717, 1.165) is 11.8 Å². The van der Waals surface area contributed by atoms with E-state index >= 15 is 0 Å². The third kappa shape index (κ3) is 3.70. The summed E-state index contributed by atoms with van der Waals surface area (Å²) in [5.41, 5.74) is 0.287. The van der Waals surface area contributed by atoms with Crippen molar-refractivity contribution in [2.45, 2.75) is 32.8 Å². The van der Waals surface area contributed by atoms with Crippen molar-refractivity contribution in [1.82, 2.24) is 4.57 Å². The molecule has 0 amide bonds. The van der Waals surface area contributed by atoms with Crippen LogP contribution >= 0.6 is 0 Å². The van der Waals surface area contributed by atoms with Gasteiger partial charge in [-0.05, 0) is 26.3 Å². The van der Waals surface area contributed by atoms with Crippen LogP contribution in [-0.4, -0.2) is 36.6 Å². The van der Waals surface area contributed by atoms with E-state index in [4.69, 9.17) is 14.2 Å². The first kappa shape index (κ1) is 20.2. The lowest BCUT2D eigenvalue weighted by Gasteiger charge is -2.30. The Labute approximate surface area is 151 Å². The molecule has 0 saturated carbocycles. The second kappa shape index (κ2) is 8.53. The van der Waals surface area contributed by atoms with Gasteiger partial charge in [0.15, 0.2) is 11.6 Å². The first-order valence-electron chi connectivity index (χ1n) is 8.40. The minimum Gasteiger partial charge on any atom is -0.332 e. The third-order valence-corrected chi connectivity index (χ3v) is 4.06. The number of rotatable bonds is 9. The number of methoxy groups -OCH3 is 1. The highest BCUT2D eigenvalue weighted by Gasteiger charge is 2.46. The normalized spacial score (nSPS) is 13.0. The number of halogens is 2. The summed E-state index contributed by atoms with van der Waals surface area (Å²) >= 11 is 0. The van der Waals surface area contributed by atoms with E-state index in [9.17, 15) is 13.6 Å². The van der Waals surface area contributed by atoms with Gasteiger partial charge in [-0.1, -0.05) is 30.3 Å². The zero-order valence-corrected chi connectivity index (χ0v) is 15.3. The number of hydrogen-bond acceptors (Lipinski definition) is 4. The molecular weight excluding hydrogens is 344 g/mol. The van der Waals surface area contributed by atoms with Crippen molar-refractivity contribution in [1.29, 1.82) is 0 Å². The zero-order chi connectivity index (χ0) is 19.3. The van der Waals surface area contributed by atoms with Crippen LogP contribution in [0.5, 0.6) is 0 Å². The van der Waals surface area contributed by atoms with Gasteiger partial charge in [-0.2, -0.15) is 0 Å². The molecule has 26 heavy (non-hydrogen) atoms. The predicted octanol–water partition coefficient (Wildman–Crippen LogP) is 3.93. The van der Waals surface area contributed by atoms with Gasteiger partial charge in [-0.3, -0.25) is 4.79 Å². The first-order chi connectivity index (χ1) is 12.4. The highest BCUT2D eigenvalue weighted by atomic mass is 19.2. The van der Waals surface area contributed by atoms with Gasteiger partial charge in [-0.15, -0.1) is 0 Å². The van der Waals surface area contributed by atoms with Gasteiger partial charge in [0, 0.05) is 13.3 Å². The summed E-state index contributed by atoms with van der Waals surface area (Å²) < 4.78 is 45.6. The Hall–Kier alpha value is -2.09. The molecule has 0 unspecified atom stereocenters. The van der Waals surface area contributed by atoms with Crippen LogP contribution in [0.1, 0.15) is 42.9 Å². The molecule has 0 saturated heterocycles. The Bertz CT molecular complexity index is 739. The summed E-state index contributed by atoms with van der Waals surface area (Å²) in [4.78, 5) is 13.1. The fourth-order valence-electron chi connectivity index (χ4n) is 2.79. The maximum absolute atomic E-state index is 14.5. The number of benzene rings is 1. The largest absolute Gasteiger partial charge is 0.353 e. The lowest BCUT2D eigenvalue weighted by Crippen LogP contribution is -2.47. The molecule has 0 radical (unpaired) electrons. The summed E-state index contributed by atoms with van der Waals surface area (Å²) in [6, 6.07) is 8.57. The van der Waals surface area contributed by atoms with Crippen LogP contribution < -0.4 is 0 Å². The SMILES string of the molecule is CCOC(OC)(OCC)C(=O)c1c(F)c(F)cn1[C@H](C)c1ccccc1. The van der Waals surface area contributed by atoms with Crippen LogP contribution in [-0.2, 0) is 14.2 Å². The van der Waals surface area contributed by atoms with Crippen LogP contribution in [0.3, 0.4) is 0 Å². The lowest BCUT2D eigenvalue weighted by atomic mass is 10.1. The van der Waals surface area contributed by atoms with Crippen LogP contribution in [0.4, 0.5) is 8.78 Å². The zero-order valence-electron chi connectivity index (χ0n) is 15.3. The molecule has 0 aliphatic heterocycles. The molecule has 0 fully saturated rings. The molecule has 7 heteroatoms. The Morgan fingerprint density at radius 1 is 1.15 bits per heavy atom. The van der Waals surface area contributed by atoms with E-state index in [2.05, 4.69) is 0 Å². The number of nitrogens with zero attached hydrogens (tertiary/aromatic N) is 1. The number of carbonyl (C=O) groups excluding carboxylic acids is 1. The van der Waals surface area contributed by atoms with Gasteiger partial charge in [-0.25, -0.2) is 8.78 Å². The molecule has 0 aliphatic rings. The van der Waals surface area contributed by atoms with E-state index in [1.165, 1.54) is 11.7 Å². The number of carbonyl (C=O) groups is 1. The maximum atomic E-state index is 14.5. The van der Waals surface area contributed by atoms with Gasteiger partial charge in [0.2, 0.25) is 0 Å². The second-order valence-electron chi connectivity index (χ2n) is 5.59. The van der Waals surface area contributed by atoms with Crippen molar-refractivity contribution in [2.75, 3.05) is 20.3 Å². The van der Waals surface area contributed by atoms with Crippen molar-refractivity contribution in [3.63, 3.8) is 0 Å². The van der Waals surface area contributed by atoms with E-state index in [0.29, 0.717) is 0 Å². The summed E-state index contributed by atoms with van der Waals surface area (Å²) in [7, 11) is 1.21. The van der Waals surface area contributed by atoms with Crippen molar-refractivity contribution in [2.24, 2.45) is 0 Å². The molecule has 1 aromatic heterocycles. The molecule has 1 aromatic carbocycles. The fourth-order valence-corrected chi connectivity index (χ4v) is 2.79. The van der Waals surface area contributed by atoms with Crippen LogP contribution in [0.2, 0.25) is 0 Å². The Kier molecular flexibility index (Phi) is 6.63. The highest BCUT2D eigenvalue weighted by molar-refractivity contribution is 5.99. The molecule has 2 rings (SSSR count). The molecule has 5 nitrogen and oxygen atoms in total. The average Bonchev–Trinajstić information content (AvgIpc) is 2.95. The molecule has 0 bridgehead atoms. The maximum Gasteiger partial charge on any atom is 0.353 e. The molecular formula is C19H23F2NO4.